The first-order valence-electron chi connectivity index (χ1n) is 8.26. The highest BCUT2D eigenvalue weighted by atomic mass is 32.1. The van der Waals surface area contributed by atoms with Crippen molar-refractivity contribution in [3.63, 3.8) is 0 Å². The van der Waals surface area contributed by atoms with Crippen LogP contribution in [0, 0.1) is 5.21 Å². The quantitative estimate of drug-likeness (QED) is 0.472. The van der Waals surface area contributed by atoms with Crippen molar-refractivity contribution in [1.82, 2.24) is 14.9 Å². The zero-order chi connectivity index (χ0) is 17.5. The summed E-state index contributed by atoms with van der Waals surface area (Å²) in [6.07, 6.45) is 0. The Morgan fingerprint density at radius 1 is 1.33 bits per heavy atom. The number of thiocarbonyl (C=S) groups is 1. The van der Waals surface area contributed by atoms with E-state index in [1.807, 2.05) is 18.2 Å². The lowest BCUT2D eigenvalue weighted by Gasteiger charge is -2.45. The smallest absolute Gasteiger partial charge is 0.173 e. The third-order valence-corrected chi connectivity index (χ3v) is 4.78. The molecule has 1 saturated heterocycles. The molecule has 2 heterocycles. The first-order valence-corrected chi connectivity index (χ1v) is 8.67. The van der Waals surface area contributed by atoms with E-state index in [0.29, 0.717) is 31.3 Å². The highest BCUT2D eigenvalue weighted by Gasteiger charge is 2.23. The first kappa shape index (κ1) is 17.1. The van der Waals surface area contributed by atoms with Gasteiger partial charge >= 0.3 is 0 Å². The Hall–Kier alpha value is -1.70. The minimum Gasteiger partial charge on any atom is -0.633 e. The number of benzene rings is 1. The van der Waals surface area contributed by atoms with Crippen LogP contribution >= 0.6 is 12.2 Å². The second kappa shape index (κ2) is 5.98. The molecular weight excluding hydrogens is 322 g/mol. The van der Waals surface area contributed by atoms with Gasteiger partial charge in [0.2, 0.25) is 0 Å². The van der Waals surface area contributed by atoms with Gasteiger partial charge in [-0.1, -0.05) is 20.8 Å². The van der Waals surface area contributed by atoms with Crippen molar-refractivity contribution >= 4 is 34.1 Å². The predicted molar refractivity (Wildman–Crippen MR) is 102 cm³/mol. The Morgan fingerprint density at radius 2 is 2.00 bits per heavy atom. The Balaban J connectivity index is 1.72. The van der Waals surface area contributed by atoms with E-state index in [1.165, 1.54) is 0 Å². The number of imidazole rings is 1. The Kier molecular flexibility index (Phi) is 4.27. The minimum atomic E-state index is -0.186. The average molecular weight is 347 g/mol. The molecule has 2 aromatic rings. The summed E-state index contributed by atoms with van der Waals surface area (Å²) in [7, 11) is 1.72. The average Bonchev–Trinajstić information content (AvgIpc) is 2.90. The van der Waals surface area contributed by atoms with Gasteiger partial charge in [-0.2, -0.15) is 0 Å². The van der Waals surface area contributed by atoms with Crippen molar-refractivity contribution < 1.29 is 4.65 Å². The van der Waals surface area contributed by atoms with E-state index in [9.17, 15) is 5.21 Å². The van der Waals surface area contributed by atoms with Gasteiger partial charge in [0.05, 0.1) is 44.3 Å². The number of likely N-dealkylation sites (N-methyl/N-ethyl adjacent to an activating group) is 1. The number of quaternary nitrogens is 1. The normalized spacial score (nSPS) is 18.0. The number of piperazine rings is 1. The molecule has 0 bridgehead atoms. The lowest BCUT2D eigenvalue weighted by molar-refractivity contribution is -0.864. The number of hydrogen-bond acceptors (Lipinski definition) is 3. The maximum atomic E-state index is 11.9. The van der Waals surface area contributed by atoms with Crippen LogP contribution in [-0.2, 0) is 5.41 Å². The van der Waals surface area contributed by atoms with Crippen LogP contribution in [0.2, 0.25) is 0 Å². The van der Waals surface area contributed by atoms with Gasteiger partial charge in [0.1, 0.15) is 5.82 Å². The van der Waals surface area contributed by atoms with E-state index in [2.05, 4.69) is 41.0 Å². The molecular formula is C17H25N5OS. The first-order chi connectivity index (χ1) is 11.1. The van der Waals surface area contributed by atoms with Crippen molar-refractivity contribution in [2.75, 3.05) is 38.5 Å². The molecule has 1 aliphatic heterocycles. The number of aromatic amines is 1. The van der Waals surface area contributed by atoms with Gasteiger partial charge in [-0.15, -0.1) is 0 Å². The molecule has 1 fully saturated rings. The van der Waals surface area contributed by atoms with Crippen molar-refractivity contribution in [3.8, 4) is 0 Å². The maximum absolute atomic E-state index is 11.9. The van der Waals surface area contributed by atoms with Crippen molar-refractivity contribution in [3.05, 3.63) is 29.2 Å². The topological polar surface area (TPSA) is 67.0 Å². The maximum Gasteiger partial charge on any atom is 0.173 e. The third-order valence-electron chi connectivity index (χ3n) is 4.42. The van der Waals surface area contributed by atoms with E-state index in [0.717, 1.165) is 22.5 Å². The SMILES string of the molecule is CC(C)(C)c1nc2ccc(NC(=S)N3CC[N+](C)([O-])CC3)cc2[nH]1. The van der Waals surface area contributed by atoms with E-state index in [-0.39, 0.29) is 10.1 Å². The van der Waals surface area contributed by atoms with Gasteiger partial charge in [-0.05, 0) is 30.4 Å². The lowest BCUT2D eigenvalue weighted by atomic mass is 9.96. The fourth-order valence-electron chi connectivity index (χ4n) is 2.74. The highest BCUT2D eigenvalue weighted by Crippen LogP contribution is 2.24. The van der Waals surface area contributed by atoms with E-state index >= 15 is 0 Å². The minimum absolute atomic E-state index is 0.0149. The summed E-state index contributed by atoms with van der Waals surface area (Å²) in [5.74, 6) is 0.973. The second-order valence-electron chi connectivity index (χ2n) is 7.73. The monoisotopic (exact) mass is 347 g/mol. The molecule has 7 heteroatoms. The van der Waals surface area contributed by atoms with Crippen LogP contribution < -0.4 is 5.32 Å². The molecule has 0 radical (unpaired) electrons. The summed E-state index contributed by atoms with van der Waals surface area (Å²) in [4.78, 5) is 10.1. The van der Waals surface area contributed by atoms with Crippen LogP contribution in [0.15, 0.2) is 18.2 Å². The van der Waals surface area contributed by atoms with Crippen molar-refractivity contribution in [1.29, 1.82) is 0 Å². The molecule has 6 nitrogen and oxygen atoms in total. The molecule has 0 spiro atoms. The number of rotatable bonds is 1. The van der Waals surface area contributed by atoms with E-state index in [4.69, 9.17) is 12.2 Å². The summed E-state index contributed by atoms with van der Waals surface area (Å²) in [6.45, 7) is 8.91. The Bertz CT molecular complexity index is 752. The standard InChI is InChI=1S/C17H25N5OS/c1-17(2,3)15-19-13-6-5-12(11-14(13)20-15)18-16(24)21-7-9-22(4,23)10-8-21/h5-6,11H,7-10H2,1-4H3,(H,18,24)(H,19,20). The number of nitrogens with one attached hydrogen (secondary N) is 2. The van der Waals surface area contributed by atoms with Crippen LogP contribution in [0.1, 0.15) is 26.6 Å². The second-order valence-corrected chi connectivity index (χ2v) is 8.12. The molecule has 0 amide bonds. The molecule has 24 heavy (non-hydrogen) atoms. The van der Waals surface area contributed by atoms with Crippen LogP contribution in [0.3, 0.4) is 0 Å². The zero-order valence-electron chi connectivity index (χ0n) is 14.7. The van der Waals surface area contributed by atoms with Crippen LogP contribution in [-0.4, -0.2) is 57.9 Å². The molecule has 0 unspecified atom stereocenters. The molecule has 1 aliphatic rings. The highest BCUT2D eigenvalue weighted by molar-refractivity contribution is 7.80. The van der Waals surface area contributed by atoms with Gasteiger partial charge in [-0.3, -0.25) is 0 Å². The number of hydroxylamine groups is 3. The van der Waals surface area contributed by atoms with Gasteiger partial charge in [0.25, 0.3) is 0 Å². The third kappa shape index (κ3) is 3.68. The molecule has 1 aromatic carbocycles. The van der Waals surface area contributed by atoms with Crippen LogP contribution in [0.25, 0.3) is 11.0 Å². The summed E-state index contributed by atoms with van der Waals surface area (Å²) in [5.41, 5.74) is 2.87. The van der Waals surface area contributed by atoms with Crippen molar-refractivity contribution in [2.24, 2.45) is 0 Å². The summed E-state index contributed by atoms with van der Waals surface area (Å²) >= 11 is 5.50. The lowest BCUT2D eigenvalue weighted by Crippen LogP contribution is -2.55. The molecule has 0 aliphatic carbocycles. The summed E-state index contributed by atoms with van der Waals surface area (Å²) < 4.78 is -0.186. The molecule has 3 rings (SSSR count). The fourth-order valence-corrected chi connectivity index (χ4v) is 3.04. The van der Waals surface area contributed by atoms with Gasteiger partial charge in [0.15, 0.2) is 5.11 Å². The molecule has 2 N–H and O–H groups in total. The Labute approximate surface area is 148 Å². The van der Waals surface area contributed by atoms with E-state index in [1.54, 1.807) is 7.05 Å². The predicted octanol–water partition coefficient (Wildman–Crippen LogP) is 2.82. The number of fused-ring (bicyclic) bond motifs is 1. The number of H-pyrrole nitrogens is 1. The molecule has 0 atom stereocenters. The molecule has 130 valence electrons. The van der Waals surface area contributed by atoms with Gasteiger partial charge in [-0.25, -0.2) is 4.98 Å². The Morgan fingerprint density at radius 3 is 2.62 bits per heavy atom. The van der Waals surface area contributed by atoms with Crippen LogP contribution in [0.5, 0.6) is 0 Å². The number of nitrogens with zero attached hydrogens (tertiary/aromatic N) is 3. The number of hydrogen-bond donors (Lipinski definition) is 2. The summed E-state index contributed by atoms with van der Waals surface area (Å²) in [5, 5.41) is 15.9. The molecule has 1 aromatic heterocycles. The fraction of sp³-hybridized carbons (Fsp3) is 0.529. The molecule has 0 saturated carbocycles. The van der Waals surface area contributed by atoms with Gasteiger partial charge < -0.3 is 25.1 Å². The van der Waals surface area contributed by atoms with E-state index < -0.39 is 0 Å². The largest absolute Gasteiger partial charge is 0.633 e. The number of aromatic nitrogens is 2. The zero-order valence-corrected chi connectivity index (χ0v) is 15.5. The van der Waals surface area contributed by atoms with Crippen LogP contribution in [0.4, 0.5) is 5.69 Å². The van der Waals surface area contributed by atoms with Gasteiger partial charge in [0, 0.05) is 11.1 Å². The number of anilines is 1. The van der Waals surface area contributed by atoms with Crippen molar-refractivity contribution in [2.45, 2.75) is 26.2 Å². The summed E-state index contributed by atoms with van der Waals surface area (Å²) in [6, 6.07) is 6.01.